The summed E-state index contributed by atoms with van der Waals surface area (Å²) in [5.74, 6) is 1.49. The number of hydrogen-bond acceptors (Lipinski definition) is 10. The zero-order chi connectivity index (χ0) is 92.3. The van der Waals surface area contributed by atoms with E-state index in [0.717, 1.165) is 132 Å². The van der Waals surface area contributed by atoms with Crippen LogP contribution in [0.15, 0.2) is 400 Å². The van der Waals surface area contributed by atoms with E-state index in [4.69, 9.17) is 29.9 Å². The van der Waals surface area contributed by atoms with Gasteiger partial charge in [0.25, 0.3) is 0 Å². The van der Waals surface area contributed by atoms with Gasteiger partial charge in [0.2, 0.25) is 17.8 Å². The molecule has 26 aromatic rings. The summed E-state index contributed by atoms with van der Waals surface area (Å²) in [5, 5.41) is 46.6. The molecule has 0 saturated carbocycles. The van der Waals surface area contributed by atoms with Crippen molar-refractivity contribution >= 4 is 151 Å². The molecule has 28 rings (SSSR count). The lowest BCUT2D eigenvalue weighted by Crippen LogP contribution is -2.14. The van der Waals surface area contributed by atoms with Gasteiger partial charge in [-0.15, -0.1) is 11.3 Å². The Morgan fingerprint density at radius 1 is 0.217 bits per heavy atom. The van der Waals surface area contributed by atoms with Gasteiger partial charge in [0.1, 0.15) is 18.2 Å². The first-order valence-corrected chi connectivity index (χ1v) is 47.2. The number of aromatic nitrogens is 9. The van der Waals surface area contributed by atoms with Crippen LogP contribution in [0, 0.1) is 34.0 Å². The number of nitriles is 3. The van der Waals surface area contributed by atoms with Crippen molar-refractivity contribution in [2.75, 3.05) is 0 Å². The van der Waals surface area contributed by atoms with E-state index in [1.54, 1.807) is 0 Å². The van der Waals surface area contributed by atoms with E-state index >= 15 is 0 Å². The number of benzene rings is 19. The SMILES string of the molecule is CC1(C)c2ccccc2-c2ccc(-c3ccc(-c4ccc5c(c4)c4ccccc4n5-c4nc(C#N)c5ccccc5n4)cc3)cc21.CC1(C)c2ccccc2-c2ccc(-c3ccc4c(c3)c3ccccc3n4-c3nc(C#N)c4ccc(-c5ccccc5)cc4n3)cc21.N#Cc1nc(-n2c3ccc(-c4ccc5c(c4)sc4ccc6ccccc6c45)cc3c3c4ccccc4ccc32)nc2ccccc12. The fourth-order valence-electron chi connectivity index (χ4n) is 21.9. The Bertz CT molecular complexity index is 9860. The molecule has 0 aliphatic heterocycles. The second-order valence-electron chi connectivity index (χ2n) is 36.9. The summed E-state index contributed by atoms with van der Waals surface area (Å²) in [6, 6.07) is 148. The van der Waals surface area contributed by atoms with E-state index in [2.05, 4.69) is 369 Å². The summed E-state index contributed by atoms with van der Waals surface area (Å²) >= 11 is 1.85. The molecule has 0 spiro atoms. The lowest BCUT2D eigenvalue weighted by Gasteiger charge is -2.22. The fraction of sp³-hybridized carbons (Fsp3) is 0.0480. The number of hydrogen-bond donors (Lipinski definition) is 0. The third-order valence-electron chi connectivity index (χ3n) is 28.6. The van der Waals surface area contributed by atoms with Crippen LogP contribution in [0.4, 0.5) is 0 Å². The Morgan fingerprint density at radius 2 is 0.558 bits per heavy atom. The highest BCUT2D eigenvalue weighted by atomic mass is 32.1. The second kappa shape index (κ2) is 31.5. The summed E-state index contributed by atoms with van der Waals surface area (Å²) in [6.07, 6.45) is 0. The van der Waals surface area contributed by atoms with Gasteiger partial charge in [0.15, 0.2) is 17.1 Å². The maximum atomic E-state index is 10.1. The molecule has 0 atom stereocenters. The normalized spacial score (nSPS) is 12.7. The van der Waals surface area contributed by atoms with Gasteiger partial charge in [0.05, 0.1) is 49.7 Å². The Morgan fingerprint density at radius 3 is 1.09 bits per heavy atom. The Labute approximate surface area is 797 Å². The van der Waals surface area contributed by atoms with E-state index in [1.807, 2.05) is 102 Å². The highest BCUT2D eigenvalue weighted by molar-refractivity contribution is 7.26. The summed E-state index contributed by atoms with van der Waals surface area (Å²) < 4.78 is 8.85. The minimum Gasteiger partial charge on any atom is -0.278 e. The minimum atomic E-state index is -0.0612. The molecule has 0 radical (unpaired) electrons. The van der Waals surface area contributed by atoms with Crippen LogP contribution < -0.4 is 0 Å². The first kappa shape index (κ1) is 80.6. The molecule has 2 aliphatic rings. The third-order valence-corrected chi connectivity index (χ3v) is 29.8. The molecule has 13 heteroatoms. The van der Waals surface area contributed by atoms with Crippen LogP contribution in [0.2, 0.25) is 0 Å². The molecule has 138 heavy (non-hydrogen) atoms. The summed E-state index contributed by atoms with van der Waals surface area (Å²) in [6.45, 7) is 9.29. The van der Waals surface area contributed by atoms with Gasteiger partial charge in [-0.25, -0.2) is 29.9 Å². The molecule has 7 aromatic heterocycles. The quantitative estimate of drug-likeness (QED) is 0.144. The van der Waals surface area contributed by atoms with Crippen LogP contribution in [0.25, 0.3) is 236 Å². The molecular formula is C125H78N12S. The Hall–Kier alpha value is -18.2. The van der Waals surface area contributed by atoms with Crippen LogP contribution in [0.3, 0.4) is 0 Å². The maximum Gasteiger partial charge on any atom is 0.236 e. The molecule has 2 aliphatic carbocycles. The molecule has 12 nitrogen and oxygen atoms in total. The van der Waals surface area contributed by atoms with Crippen LogP contribution in [0.1, 0.15) is 67.0 Å². The smallest absolute Gasteiger partial charge is 0.236 e. The number of thiophene rings is 1. The fourth-order valence-corrected chi connectivity index (χ4v) is 23.0. The predicted octanol–water partition coefficient (Wildman–Crippen LogP) is 31.4. The molecule has 0 amide bonds. The molecule has 0 fully saturated rings. The molecule has 7 heterocycles. The molecule has 19 aromatic carbocycles. The minimum absolute atomic E-state index is 0.0233. The van der Waals surface area contributed by atoms with Gasteiger partial charge < -0.3 is 0 Å². The Balaban J connectivity index is 0.000000107. The number of fused-ring (bicyclic) bond motifs is 25. The van der Waals surface area contributed by atoms with Crippen molar-refractivity contribution in [2.24, 2.45) is 0 Å². The lowest BCUT2D eigenvalue weighted by molar-refractivity contribution is 0.660. The zero-order valence-corrected chi connectivity index (χ0v) is 76.2. The highest BCUT2D eigenvalue weighted by Gasteiger charge is 2.37. The first-order valence-electron chi connectivity index (χ1n) is 46.4. The van der Waals surface area contributed by atoms with Gasteiger partial charge in [-0.05, 0) is 237 Å². The van der Waals surface area contributed by atoms with Crippen molar-refractivity contribution in [2.45, 2.75) is 38.5 Å². The predicted molar refractivity (Wildman–Crippen MR) is 566 cm³/mol. The van der Waals surface area contributed by atoms with Gasteiger partial charge >= 0.3 is 0 Å². The summed E-state index contributed by atoms with van der Waals surface area (Å²) in [7, 11) is 0. The topological polar surface area (TPSA) is 164 Å². The Kier molecular flexibility index (Phi) is 18.4. The zero-order valence-electron chi connectivity index (χ0n) is 75.4. The van der Waals surface area contributed by atoms with Gasteiger partial charge in [0, 0.05) is 79.5 Å². The van der Waals surface area contributed by atoms with E-state index in [9.17, 15) is 15.8 Å². The number of para-hydroxylation sites is 4. The van der Waals surface area contributed by atoms with Crippen molar-refractivity contribution in [3.05, 3.63) is 440 Å². The van der Waals surface area contributed by atoms with E-state index in [0.29, 0.717) is 34.9 Å². The van der Waals surface area contributed by atoms with Crippen molar-refractivity contribution in [1.82, 2.24) is 43.6 Å². The second-order valence-corrected chi connectivity index (χ2v) is 38.0. The molecule has 0 N–H and O–H groups in total. The molecule has 0 unspecified atom stereocenters. The molecule has 0 bridgehead atoms. The van der Waals surface area contributed by atoms with Crippen molar-refractivity contribution in [1.29, 1.82) is 15.8 Å². The van der Waals surface area contributed by atoms with Crippen molar-refractivity contribution in [3.8, 4) is 114 Å². The molecule has 644 valence electrons. The monoisotopic (exact) mass is 1780 g/mol. The largest absolute Gasteiger partial charge is 0.278 e. The summed E-state index contributed by atoms with van der Waals surface area (Å²) in [5.41, 5.74) is 31.7. The average Bonchev–Trinajstić information content (AvgIpc) is 1.57. The van der Waals surface area contributed by atoms with E-state index in [-0.39, 0.29) is 10.8 Å². The van der Waals surface area contributed by atoms with E-state index in [1.165, 1.54) is 108 Å². The van der Waals surface area contributed by atoms with Crippen LogP contribution >= 0.6 is 11.3 Å². The number of rotatable bonds is 8. The molecule has 0 saturated heterocycles. The van der Waals surface area contributed by atoms with Crippen molar-refractivity contribution in [3.63, 3.8) is 0 Å². The molecular weight excluding hydrogens is 1700 g/mol. The third kappa shape index (κ3) is 12.8. The van der Waals surface area contributed by atoms with Crippen molar-refractivity contribution < 1.29 is 0 Å². The highest BCUT2D eigenvalue weighted by Crippen LogP contribution is 2.53. The average molecular weight is 1780 g/mol. The standard InChI is InChI=1S/2C42H28N4.C41H22N4S/c1-42(2)35-12-6-3-9-30(35)31-21-19-29(24-36(31)42)27-17-15-26(16-18-27)28-20-22-40-34(23-28)32-10-5-8-14-39(32)46(40)41-44-37-13-7-4-11-33(37)38(25-43)45-41;1-42(2)35-14-8-6-12-30(35)31-19-16-28(23-36(31)42)27-18-21-40-34(22-27)32-13-7-9-15-39(32)46(40)41-44-37-24-29(26-10-4-3-5-11-26)17-20-33(37)38(25-43)45-41;42-23-34-30-11-5-6-12-33(30)43-41(44-34)45-35-18-15-26(21-32(35)39-28-9-3-1-7-24(28)14-19-36(39)45)27-13-17-31-38(22-27)46-37-20-16-25-8-2-4-10-29(25)40(31)37/h2*3-24H,1-2H3;1-22H. The first-order chi connectivity index (χ1) is 67.8. The maximum absolute atomic E-state index is 10.1. The van der Waals surface area contributed by atoms with E-state index < -0.39 is 0 Å². The van der Waals surface area contributed by atoms with Gasteiger partial charge in [-0.3, -0.25) is 13.7 Å². The lowest BCUT2D eigenvalue weighted by atomic mass is 9.81. The van der Waals surface area contributed by atoms with Gasteiger partial charge in [-0.1, -0.05) is 313 Å². The van der Waals surface area contributed by atoms with Gasteiger partial charge in [-0.2, -0.15) is 15.8 Å². The van der Waals surface area contributed by atoms with Crippen LogP contribution in [0.5, 0.6) is 0 Å². The van der Waals surface area contributed by atoms with Crippen LogP contribution in [-0.2, 0) is 10.8 Å². The number of nitrogens with zero attached hydrogens (tertiary/aromatic N) is 12. The summed E-state index contributed by atoms with van der Waals surface area (Å²) in [4.78, 5) is 29.2. The van der Waals surface area contributed by atoms with Crippen LogP contribution in [-0.4, -0.2) is 43.6 Å².